The first-order valence-corrected chi connectivity index (χ1v) is 7.29. The average Bonchev–Trinajstić information content (AvgIpc) is 2.90. The van der Waals surface area contributed by atoms with Crippen molar-refractivity contribution in [3.05, 3.63) is 48.0 Å². The largest absolute Gasteiger partial charge is 0.436 e. The number of hydrogen-bond donors (Lipinski definition) is 1. The molecule has 116 valence electrons. The van der Waals surface area contributed by atoms with E-state index in [0.29, 0.717) is 17.2 Å². The fourth-order valence-corrected chi connectivity index (χ4v) is 2.34. The minimum Gasteiger partial charge on any atom is -0.436 e. The van der Waals surface area contributed by atoms with Gasteiger partial charge in [0.2, 0.25) is 11.8 Å². The highest BCUT2D eigenvalue weighted by Gasteiger charge is 2.12. The van der Waals surface area contributed by atoms with E-state index in [9.17, 15) is 9.59 Å². The molecular formula is C18H16N2O3. The second-order valence-electron chi connectivity index (χ2n) is 5.45. The first-order chi connectivity index (χ1) is 11.0. The molecule has 0 saturated heterocycles. The van der Waals surface area contributed by atoms with Crippen LogP contribution in [0.3, 0.4) is 0 Å². The summed E-state index contributed by atoms with van der Waals surface area (Å²) < 4.78 is 5.78. The van der Waals surface area contributed by atoms with Gasteiger partial charge in [0.25, 0.3) is 0 Å². The lowest BCUT2D eigenvalue weighted by Crippen LogP contribution is -2.15. The Hall–Kier alpha value is -2.95. The SMILES string of the molecule is CC(=O)CC(=O)Nc1cc2oc(-c3ccccc3)nc2cc1C. The molecule has 1 N–H and O–H groups in total. The molecule has 0 aliphatic heterocycles. The Labute approximate surface area is 133 Å². The molecule has 0 unspecified atom stereocenters. The molecule has 2 aromatic carbocycles. The Balaban J connectivity index is 1.95. The van der Waals surface area contributed by atoms with Crippen LogP contribution in [0.4, 0.5) is 5.69 Å². The zero-order chi connectivity index (χ0) is 16.4. The Morgan fingerprint density at radius 3 is 2.61 bits per heavy atom. The first-order valence-electron chi connectivity index (χ1n) is 7.29. The smallest absolute Gasteiger partial charge is 0.231 e. The summed E-state index contributed by atoms with van der Waals surface area (Å²) in [5.41, 5.74) is 3.70. The van der Waals surface area contributed by atoms with E-state index in [1.165, 1.54) is 6.92 Å². The third-order valence-electron chi connectivity index (χ3n) is 3.44. The van der Waals surface area contributed by atoms with Crippen LogP contribution in [0.2, 0.25) is 0 Å². The van der Waals surface area contributed by atoms with Crippen LogP contribution in [0.15, 0.2) is 46.9 Å². The third kappa shape index (κ3) is 3.29. The Morgan fingerprint density at radius 1 is 1.17 bits per heavy atom. The normalized spacial score (nSPS) is 10.7. The highest BCUT2D eigenvalue weighted by molar-refractivity contribution is 6.04. The van der Waals surface area contributed by atoms with Crippen molar-refractivity contribution in [2.75, 3.05) is 5.32 Å². The number of carbonyl (C=O) groups excluding carboxylic acids is 2. The van der Waals surface area contributed by atoms with Gasteiger partial charge in [-0.2, -0.15) is 0 Å². The second kappa shape index (κ2) is 6.04. The molecule has 0 fully saturated rings. The molecule has 0 spiro atoms. The molecular weight excluding hydrogens is 292 g/mol. The van der Waals surface area contributed by atoms with Crippen LogP contribution in [-0.2, 0) is 9.59 Å². The predicted octanol–water partition coefficient (Wildman–Crippen LogP) is 3.72. The maximum absolute atomic E-state index is 11.8. The summed E-state index contributed by atoms with van der Waals surface area (Å²) in [6, 6.07) is 13.2. The van der Waals surface area contributed by atoms with Crippen molar-refractivity contribution in [3.63, 3.8) is 0 Å². The lowest BCUT2D eigenvalue weighted by atomic mass is 10.1. The van der Waals surface area contributed by atoms with Crippen molar-refractivity contribution in [1.82, 2.24) is 4.98 Å². The number of rotatable bonds is 4. The fraction of sp³-hybridized carbons (Fsp3) is 0.167. The molecule has 0 radical (unpaired) electrons. The highest BCUT2D eigenvalue weighted by atomic mass is 16.3. The number of aryl methyl sites for hydroxylation is 1. The number of amides is 1. The number of ketones is 1. The van der Waals surface area contributed by atoms with Gasteiger partial charge in [-0.15, -0.1) is 0 Å². The summed E-state index contributed by atoms with van der Waals surface area (Å²) >= 11 is 0. The molecule has 0 aliphatic carbocycles. The summed E-state index contributed by atoms with van der Waals surface area (Å²) in [6.07, 6.45) is -0.136. The summed E-state index contributed by atoms with van der Waals surface area (Å²) in [7, 11) is 0. The number of carbonyl (C=O) groups is 2. The van der Waals surface area contributed by atoms with Gasteiger partial charge in [-0.1, -0.05) is 18.2 Å². The van der Waals surface area contributed by atoms with Gasteiger partial charge >= 0.3 is 0 Å². The Bertz CT molecular complexity index is 882. The molecule has 3 aromatic rings. The quantitative estimate of drug-likeness (QED) is 0.746. The number of fused-ring (bicyclic) bond motifs is 1. The lowest BCUT2D eigenvalue weighted by Gasteiger charge is -2.06. The van der Waals surface area contributed by atoms with Gasteiger partial charge in [0.15, 0.2) is 5.58 Å². The standard InChI is InChI=1S/C18H16N2O3/c1-11-8-15-16(10-14(11)19-17(22)9-12(2)21)23-18(20-15)13-6-4-3-5-7-13/h3-8,10H,9H2,1-2H3,(H,19,22). The molecule has 0 aliphatic rings. The van der Waals surface area contributed by atoms with Gasteiger partial charge in [0, 0.05) is 17.3 Å². The number of benzene rings is 2. The summed E-state index contributed by atoms with van der Waals surface area (Å²) in [6.45, 7) is 3.26. The number of nitrogens with zero attached hydrogens (tertiary/aromatic N) is 1. The molecule has 23 heavy (non-hydrogen) atoms. The molecule has 1 aromatic heterocycles. The van der Waals surface area contributed by atoms with Crippen LogP contribution in [0, 0.1) is 6.92 Å². The second-order valence-corrected chi connectivity index (χ2v) is 5.45. The Kier molecular flexibility index (Phi) is 3.93. The van der Waals surface area contributed by atoms with E-state index in [-0.39, 0.29) is 18.1 Å². The van der Waals surface area contributed by atoms with Gasteiger partial charge in [-0.25, -0.2) is 4.98 Å². The van der Waals surface area contributed by atoms with E-state index in [1.807, 2.05) is 43.3 Å². The van der Waals surface area contributed by atoms with Crippen molar-refractivity contribution in [1.29, 1.82) is 0 Å². The molecule has 5 heteroatoms. The monoisotopic (exact) mass is 308 g/mol. The zero-order valence-electron chi connectivity index (χ0n) is 12.9. The van der Waals surface area contributed by atoms with Crippen molar-refractivity contribution < 1.29 is 14.0 Å². The molecule has 3 rings (SSSR count). The number of hydrogen-bond acceptors (Lipinski definition) is 4. The minimum atomic E-state index is -0.331. The van der Waals surface area contributed by atoms with Crippen molar-refractivity contribution >= 4 is 28.5 Å². The summed E-state index contributed by atoms with van der Waals surface area (Å²) in [5, 5.41) is 2.74. The van der Waals surface area contributed by atoms with Crippen LogP contribution in [0.5, 0.6) is 0 Å². The summed E-state index contributed by atoms with van der Waals surface area (Å²) in [5.74, 6) is 0.0298. The van der Waals surface area contributed by atoms with Crippen molar-refractivity contribution in [3.8, 4) is 11.5 Å². The molecule has 5 nitrogen and oxygen atoms in total. The molecule has 0 saturated carbocycles. The van der Waals surface area contributed by atoms with Crippen molar-refractivity contribution in [2.24, 2.45) is 0 Å². The molecule has 1 heterocycles. The van der Waals surface area contributed by atoms with Crippen LogP contribution in [0.1, 0.15) is 18.9 Å². The van der Waals surface area contributed by atoms with E-state index < -0.39 is 0 Å². The number of aromatic nitrogens is 1. The van der Waals surface area contributed by atoms with E-state index in [0.717, 1.165) is 16.6 Å². The molecule has 1 amide bonds. The zero-order valence-corrected chi connectivity index (χ0v) is 12.9. The number of nitrogens with one attached hydrogen (secondary N) is 1. The minimum absolute atomic E-state index is 0.136. The van der Waals surface area contributed by atoms with Crippen molar-refractivity contribution in [2.45, 2.75) is 20.3 Å². The number of anilines is 1. The van der Waals surface area contributed by atoms with Crippen LogP contribution < -0.4 is 5.32 Å². The maximum Gasteiger partial charge on any atom is 0.231 e. The maximum atomic E-state index is 11.8. The van der Waals surface area contributed by atoms with E-state index in [4.69, 9.17) is 4.42 Å². The number of Topliss-reactive ketones (excluding diaryl/α,β-unsaturated/α-hetero) is 1. The van der Waals surface area contributed by atoms with Gasteiger partial charge in [-0.05, 0) is 37.6 Å². The van der Waals surface area contributed by atoms with E-state index >= 15 is 0 Å². The van der Waals surface area contributed by atoms with Gasteiger partial charge < -0.3 is 9.73 Å². The van der Waals surface area contributed by atoms with E-state index in [2.05, 4.69) is 10.3 Å². The third-order valence-corrected chi connectivity index (χ3v) is 3.44. The van der Waals surface area contributed by atoms with Crippen LogP contribution >= 0.6 is 0 Å². The van der Waals surface area contributed by atoms with Gasteiger partial charge in [0.1, 0.15) is 11.3 Å². The fourth-order valence-electron chi connectivity index (χ4n) is 2.34. The Morgan fingerprint density at radius 2 is 1.91 bits per heavy atom. The summed E-state index contributed by atoms with van der Waals surface area (Å²) in [4.78, 5) is 27.3. The van der Waals surface area contributed by atoms with Crippen LogP contribution in [0.25, 0.3) is 22.6 Å². The van der Waals surface area contributed by atoms with Gasteiger partial charge in [0.05, 0.1) is 6.42 Å². The van der Waals surface area contributed by atoms with E-state index in [1.54, 1.807) is 6.07 Å². The average molecular weight is 308 g/mol. The molecule has 0 bridgehead atoms. The lowest BCUT2D eigenvalue weighted by molar-refractivity contribution is -0.124. The van der Waals surface area contributed by atoms with Gasteiger partial charge in [-0.3, -0.25) is 9.59 Å². The first kappa shape index (κ1) is 15.0. The van der Waals surface area contributed by atoms with Crippen LogP contribution in [-0.4, -0.2) is 16.7 Å². The highest BCUT2D eigenvalue weighted by Crippen LogP contribution is 2.28. The predicted molar refractivity (Wildman–Crippen MR) is 88.1 cm³/mol. The topological polar surface area (TPSA) is 72.2 Å². The molecule has 0 atom stereocenters. The number of oxazole rings is 1.